The van der Waals surface area contributed by atoms with Crippen molar-refractivity contribution in [2.45, 2.75) is 64.5 Å². The number of rotatable bonds is 14. The summed E-state index contributed by atoms with van der Waals surface area (Å²) in [5, 5.41) is 7.63. The van der Waals surface area contributed by atoms with Gasteiger partial charge in [0, 0.05) is 12.8 Å². The van der Waals surface area contributed by atoms with Gasteiger partial charge in [0.05, 0.1) is 7.11 Å². The zero-order valence-electron chi connectivity index (χ0n) is 26.9. The van der Waals surface area contributed by atoms with Crippen molar-refractivity contribution in [1.82, 2.24) is 16.0 Å². The second-order valence-electron chi connectivity index (χ2n) is 11.6. The van der Waals surface area contributed by atoms with Gasteiger partial charge in [-0.1, -0.05) is 84.9 Å². The summed E-state index contributed by atoms with van der Waals surface area (Å²) in [4.78, 5) is 63.1. The Morgan fingerprint density at radius 3 is 1.72 bits per heavy atom. The summed E-state index contributed by atoms with van der Waals surface area (Å²) in [6, 6.07) is 23.0. The van der Waals surface area contributed by atoms with E-state index in [-0.39, 0.29) is 26.1 Å². The minimum atomic E-state index is -1.12. The van der Waals surface area contributed by atoms with Gasteiger partial charge in [-0.15, -0.1) is 0 Å². The summed E-state index contributed by atoms with van der Waals surface area (Å²) in [5.41, 5.74) is 2.03. The van der Waals surface area contributed by atoms with Gasteiger partial charge in [-0.3, -0.25) is 9.59 Å². The molecule has 0 radical (unpaired) electrons. The van der Waals surface area contributed by atoms with Crippen molar-refractivity contribution < 1.29 is 42.9 Å². The first-order valence-corrected chi connectivity index (χ1v) is 15.0. The van der Waals surface area contributed by atoms with Crippen LogP contribution in [0.15, 0.2) is 84.9 Å². The Labute approximate surface area is 274 Å². The lowest BCUT2D eigenvalue weighted by Crippen LogP contribution is -2.50. The molecule has 0 aliphatic rings. The smallest absolute Gasteiger partial charge is 0.408 e. The topological polar surface area (TPSA) is 158 Å². The second-order valence-corrected chi connectivity index (χ2v) is 11.6. The van der Waals surface area contributed by atoms with Gasteiger partial charge < -0.3 is 34.9 Å². The molecule has 47 heavy (non-hydrogen) atoms. The molecule has 0 saturated carbocycles. The molecule has 12 nitrogen and oxygen atoms in total. The summed E-state index contributed by atoms with van der Waals surface area (Å²) in [7, 11) is 1.21. The van der Waals surface area contributed by atoms with E-state index in [1.165, 1.54) is 7.11 Å². The fourth-order valence-corrected chi connectivity index (χ4v) is 4.33. The van der Waals surface area contributed by atoms with Gasteiger partial charge in [-0.05, 0) is 43.0 Å². The Bertz CT molecular complexity index is 1490. The molecule has 3 amide bonds. The van der Waals surface area contributed by atoms with E-state index in [1.807, 2.05) is 48.5 Å². The van der Waals surface area contributed by atoms with Crippen LogP contribution in [0.5, 0.6) is 0 Å². The maximum absolute atomic E-state index is 13.2. The Balaban J connectivity index is 1.66. The molecule has 0 aromatic heterocycles. The third-order valence-electron chi connectivity index (χ3n) is 6.52. The minimum Gasteiger partial charge on any atom is -0.467 e. The van der Waals surface area contributed by atoms with Crippen LogP contribution in [0.25, 0.3) is 0 Å². The van der Waals surface area contributed by atoms with Gasteiger partial charge in [-0.2, -0.15) is 0 Å². The highest BCUT2D eigenvalue weighted by Gasteiger charge is 2.26. The molecule has 0 spiro atoms. The molecule has 0 unspecified atom stereocenters. The summed E-state index contributed by atoms with van der Waals surface area (Å²) in [6.07, 6.45) is -1.52. The fraction of sp³-hybridized carbons (Fsp3) is 0.343. The molecule has 0 aliphatic carbocycles. The van der Waals surface area contributed by atoms with Crippen molar-refractivity contribution >= 4 is 30.0 Å². The van der Waals surface area contributed by atoms with Crippen LogP contribution >= 0.6 is 0 Å². The van der Waals surface area contributed by atoms with Crippen molar-refractivity contribution in [3.63, 3.8) is 0 Å². The number of hydrogen-bond acceptors (Lipinski definition) is 9. The number of methoxy groups -OCH3 is 1. The number of esters is 2. The van der Waals surface area contributed by atoms with Gasteiger partial charge in [0.1, 0.15) is 37.4 Å². The highest BCUT2D eigenvalue weighted by atomic mass is 16.6. The van der Waals surface area contributed by atoms with Crippen molar-refractivity contribution in [3.8, 4) is 0 Å². The molecule has 12 heteroatoms. The number of hydrogen-bond donors (Lipinski definition) is 3. The largest absolute Gasteiger partial charge is 0.467 e. The van der Waals surface area contributed by atoms with E-state index < -0.39 is 54.3 Å². The van der Waals surface area contributed by atoms with Crippen LogP contribution in [-0.4, -0.2) is 61.4 Å². The summed E-state index contributed by atoms with van der Waals surface area (Å²) in [5.74, 6) is -1.95. The van der Waals surface area contributed by atoms with Gasteiger partial charge in [0.2, 0.25) is 5.91 Å². The molecular weight excluding hydrogens is 606 g/mol. The molecule has 250 valence electrons. The van der Waals surface area contributed by atoms with E-state index in [4.69, 9.17) is 18.9 Å². The molecule has 0 fully saturated rings. The van der Waals surface area contributed by atoms with Gasteiger partial charge >= 0.3 is 24.1 Å². The van der Waals surface area contributed by atoms with Crippen molar-refractivity contribution in [2.24, 2.45) is 0 Å². The lowest BCUT2D eigenvalue weighted by atomic mass is 9.99. The fourth-order valence-electron chi connectivity index (χ4n) is 4.33. The molecule has 0 saturated heterocycles. The first-order valence-electron chi connectivity index (χ1n) is 15.0. The highest BCUT2D eigenvalue weighted by Crippen LogP contribution is 2.13. The van der Waals surface area contributed by atoms with E-state index in [2.05, 4.69) is 16.0 Å². The second kappa shape index (κ2) is 17.9. The number of ether oxygens (including phenoxy) is 4. The molecule has 2 atom stereocenters. The monoisotopic (exact) mass is 647 g/mol. The molecule has 0 aliphatic heterocycles. The van der Waals surface area contributed by atoms with Crippen molar-refractivity contribution in [2.75, 3.05) is 13.7 Å². The predicted octanol–water partition coefficient (Wildman–Crippen LogP) is 3.99. The average Bonchev–Trinajstić information content (AvgIpc) is 3.04. The Morgan fingerprint density at radius 2 is 1.17 bits per heavy atom. The quantitative estimate of drug-likeness (QED) is 0.174. The predicted molar refractivity (Wildman–Crippen MR) is 172 cm³/mol. The summed E-state index contributed by atoms with van der Waals surface area (Å²) in [6.45, 7) is 4.74. The van der Waals surface area contributed by atoms with Gasteiger partial charge in [-0.25, -0.2) is 14.4 Å². The SMILES string of the molecule is COC(=O)[C@H](Cc1cccc(C[C@H](NC(=O)OC(C)(C)C)C(=O)NCC(=O)OCc2ccccc2)c1)NC(=O)OCc1ccccc1. The Kier molecular flexibility index (Phi) is 13.8. The van der Waals surface area contributed by atoms with Crippen LogP contribution in [-0.2, 0) is 59.4 Å². The van der Waals surface area contributed by atoms with E-state index in [0.717, 1.165) is 11.1 Å². The van der Waals surface area contributed by atoms with Gasteiger partial charge in [0.15, 0.2) is 0 Å². The zero-order valence-corrected chi connectivity index (χ0v) is 26.9. The molecule has 0 heterocycles. The maximum Gasteiger partial charge on any atom is 0.408 e. The molecule has 3 rings (SSSR count). The number of carbonyl (C=O) groups is 5. The summed E-state index contributed by atoms with van der Waals surface area (Å²) >= 11 is 0. The maximum atomic E-state index is 13.2. The summed E-state index contributed by atoms with van der Waals surface area (Å²) < 4.78 is 20.7. The average molecular weight is 648 g/mol. The number of amides is 3. The lowest BCUT2D eigenvalue weighted by Gasteiger charge is -2.23. The van der Waals surface area contributed by atoms with Gasteiger partial charge in [0.25, 0.3) is 0 Å². The number of alkyl carbamates (subject to hydrolysis) is 2. The number of nitrogens with one attached hydrogen (secondary N) is 3. The van der Waals surface area contributed by atoms with Crippen LogP contribution in [0.4, 0.5) is 9.59 Å². The van der Waals surface area contributed by atoms with Crippen LogP contribution in [0.1, 0.15) is 43.0 Å². The lowest BCUT2D eigenvalue weighted by molar-refractivity contribution is -0.145. The van der Waals surface area contributed by atoms with E-state index >= 15 is 0 Å². The molecule has 3 N–H and O–H groups in total. The zero-order chi connectivity index (χ0) is 34.2. The Morgan fingerprint density at radius 1 is 0.660 bits per heavy atom. The van der Waals surface area contributed by atoms with Crippen LogP contribution < -0.4 is 16.0 Å². The molecule has 3 aromatic rings. The molecule has 0 bridgehead atoms. The third kappa shape index (κ3) is 13.6. The first-order chi connectivity index (χ1) is 22.4. The van der Waals surface area contributed by atoms with E-state index in [1.54, 1.807) is 57.2 Å². The third-order valence-corrected chi connectivity index (χ3v) is 6.52. The highest BCUT2D eigenvalue weighted by molar-refractivity contribution is 5.88. The van der Waals surface area contributed by atoms with Crippen molar-refractivity contribution in [1.29, 1.82) is 0 Å². The Hall–Kier alpha value is -5.39. The molecular formula is C35H41N3O9. The van der Waals surface area contributed by atoms with Crippen LogP contribution in [0, 0.1) is 0 Å². The minimum absolute atomic E-state index is 0.0212. The van der Waals surface area contributed by atoms with E-state index in [9.17, 15) is 24.0 Å². The van der Waals surface area contributed by atoms with E-state index in [0.29, 0.717) is 11.1 Å². The number of carbonyl (C=O) groups excluding carboxylic acids is 5. The normalized spacial score (nSPS) is 12.1. The molecule has 3 aromatic carbocycles. The number of benzene rings is 3. The standard InChI is InChI=1S/C35H41N3O9/c1-35(2,3)47-34(43)37-28(31(40)36-21-30(39)45-22-24-12-7-5-8-13-24)19-26-16-11-17-27(18-26)20-29(32(41)44-4)38-33(42)46-23-25-14-9-6-10-15-25/h5-18,28-29H,19-23H2,1-4H3,(H,36,40)(H,37,43)(H,38,42)/t28-,29-/m0/s1. The van der Waals surface area contributed by atoms with Crippen LogP contribution in [0.2, 0.25) is 0 Å². The van der Waals surface area contributed by atoms with Crippen molar-refractivity contribution in [3.05, 3.63) is 107 Å². The van der Waals surface area contributed by atoms with Crippen LogP contribution in [0.3, 0.4) is 0 Å². The first kappa shape index (κ1) is 36.1.